The van der Waals surface area contributed by atoms with E-state index in [-0.39, 0.29) is 0 Å². The summed E-state index contributed by atoms with van der Waals surface area (Å²) in [5, 5.41) is 0. The van der Waals surface area contributed by atoms with E-state index in [2.05, 4.69) is 43.5 Å². The zero-order valence-electron chi connectivity index (χ0n) is 16.8. The zero-order chi connectivity index (χ0) is 19.5. The molecule has 1 aromatic rings. The third-order valence-electron chi connectivity index (χ3n) is 6.61. The molecule has 2 aliphatic rings. The van der Waals surface area contributed by atoms with E-state index in [4.69, 9.17) is 10.5 Å². The molecule has 27 heavy (non-hydrogen) atoms. The number of carbonyl (C=O) groups is 1. The molecule has 2 nitrogen and oxygen atoms in total. The van der Waals surface area contributed by atoms with Crippen LogP contribution in [0.25, 0.3) is 0 Å². The monoisotopic (exact) mass is 367 g/mol. The molecule has 2 aliphatic carbocycles. The van der Waals surface area contributed by atoms with Crippen molar-refractivity contribution in [1.29, 1.82) is 0 Å². The first-order valence-electron chi connectivity index (χ1n) is 10.7. The number of nitrogen functional groups attached to an aromatic ring is 1. The van der Waals surface area contributed by atoms with E-state index in [1.165, 1.54) is 75.8 Å². The van der Waals surface area contributed by atoms with Gasteiger partial charge in [0.1, 0.15) is 6.29 Å². The summed E-state index contributed by atoms with van der Waals surface area (Å²) in [6.07, 6.45) is 18.1. The van der Waals surface area contributed by atoms with Crippen LogP contribution >= 0.6 is 0 Å². The van der Waals surface area contributed by atoms with Crippen LogP contribution in [-0.2, 0) is 4.79 Å². The molecule has 0 spiro atoms. The molecule has 2 N–H and O–H groups in total. The molecule has 1 aromatic carbocycles. The van der Waals surface area contributed by atoms with Crippen molar-refractivity contribution < 1.29 is 4.79 Å². The predicted octanol–water partition coefficient (Wildman–Crippen LogP) is 6.69. The fourth-order valence-corrected chi connectivity index (χ4v) is 4.99. The van der Waals surface area contributed by atoms with E-state index in [0.717, 1.165) is 29.4 Å². The largest absolute Gasteiger partial charge is 0.399 e. The summed E-state index contributed by atoms with van der Waals surface area (Å²) in [7, 11) is 0. The van der Waals surface area contributed by atoms with Crippen LogP contribution in [-0.4, -0.2) is 6.29 Å². The number of rotatable bonds is 6. The Kier molecular flexibility index (Phi) is 9.38. The number of allylic oxidation sites excluding steroid dienone is 2. The Morgan fingerprint density at radius 3 is 1.89 bits per heavy atom. The lowest BCUT2D eigenvalue weighted by molar-refractivity contribution is -0.104. The van der Waals surface area contributed by atoms with E-state index < -0.39 is 0 Å². The zero-order valence-corrected chi connectivity index (χ0v) is 16.8. The van der Waals surface area contributed by atoms with E-state index in [1.54, 1.807) is 0 Å². The summed E-state index contributed by atoms with van der Waals surface area (Å²) in [4.78, 5) is 9.06. The smallest absolute Gasteiger partial charge is 0.142 e. The van der Waals surface area contributed by atoms with E-state index >= 15 is 0 Å². The third-order valence-corrected chi connectivity index (χ3v) is 6.61. The van der Waals surface area contributed by atoms with Crippen LogP contribution in [0, 0.1) is 17.8 Å². The number of hydrogen-bond acceptors (Lipinski definition) is 2. The maximum Gasteiger partial charge on any atom is 0.142 e. The van der Waals surface area contributed by atoms with E-state index in [0.29, 0.717) is 6.29 Å². The lowest BCUT2D eigenvalue weighted by Crippen LogP contribution is -2.25. The highest BCUT2D eigenvalue weighted by molar-refractivity contribution is 5.63. The SMILES string of the molecule is C=CC=O.C=CCCC1CCC(C2CCC(c3ccc(N)cc3)CC2)CC1. The second-order valence-electron chi connectivity index (χ2n) is 8.30. The average Bonchev–Trinajstić information content (AvgIpc) is 2.73. The number of benzene rings is 1. The molecule has 3 rings (SSSR count). The summed E-state index contributed by atoms with van der Waals surface area (Å²) < 4.78 is 0. The van der Waals surface area contributed by atoms with Gasteiger partial charge in [-0.2, -0.15) is 0 Å². The summed E-state index contributed by atoms with van der Waals surface area (Å²) >= 11 is 0. The Bertz CT molecular complexity index is 554. The van der Waals surface area contributed by atoms with Crippen LogP contribution in [0.1, 0.15) is 75.7 Å². The Morgan fingerprint density at radius 1 is 0.889 bits per heavy atom. The average molecular weight is 368 g/mol. The maximum absolute atomic E-state index is 9.06. The number of carbonyl (C=O) groups excluding carboxylic acids is 1. The van der Waals surface area contributed by atoms with Crippen LogP contribution in [0.15, 0.2) is 49.6 Å². The number of anilines is 1. The van der Waals surface area contributed by atoms with Gasteiger partial charge < -0.3 is 5.73 Å². The van der Waals surface area contributed by atoms with Gasteiger partial charge in [-0.05, 0) is 98.8 Å². The molecule has 0 bridgehead atoms. The highest BCUT2D eigenvalue weighted by atomic mass is 16.1. The van der Waals surface area contributed by atoms with Gasteiger partial charge in [-0.1, -0.05) is 37.6 Å². The van der Waals surface area contributed by atoms with Gasteiger partial charge in [-0.25, -0.2) is 0 Å². The first kappa shape index (κ1) is 21.5. The number of nitrogens with two attached hydrogens (primary N) is 1. The standard InChI is InChI=1S/C22H33N.C3H4O/c1-2-3-4-17-5-7-18(8-6-17)19-9-11-20(12-10-19)21-13-15-22(23)16-14-21;1-2-3-4/h2,13-20H,1,3-12,23H2;2-3H,1H2. The van der Waals surface area contributed by atoms with Gasteiger partial charge in [0, 0.05) is 5.69 Å². The minimum absolute atomic E-state index is 0.639. The molecular weight excluding hydrogens is 330 g/mol. The molecule has 0 saturated heterocycles. The van der Waals surface area contributed by atoms with Gasteiger partial charge in [0.05, 0.1) is 0 Å². The van der Waals surface area contributed by atoms with Crippen LogP contribution in [0.5, 0.6) is 0 Å². The summed E-state index contributed by atoms with van der Waals surface area (Å²) in [5.41, 5.74) is 8.20. The highest BCUT2D eigenvalue weighted by Crippen LogP contribution is 2.44. The molecule has 148 valence electrons. The minimum Gasteiger partial charge on any atom is -0.399 e. The van der Waals surface area contributed by atoms with Gasteiger partial charge in [-0.15, -0.1) is 6.58 Å². The lowest BCUT2D eigenvalue weighted by atomic mass is 9.68. The molecule has 0 amide bonds. The Balaban J connectivity index is 0.000000596. The highest BCUT2D eigenvalue weighted by Gasteiger charge is 2.31. The predicted molar refractivity (Wildman–Crippen MR) is 117 cm³/mol. The Labute approximate surface area is 165 Å². The molecule has 2 heteroatoms. The van der Waals surface area contributed by atoms with Crippen molar-refractivity contribution in [2.45, 2.75) is 70.1 Å². The van der Waals surface area contributed by atoms with Crippen molar-refractivity contribution in [1.82, 2.24) is 0 Å². The topological polar surface area (TPSA) is 43.1 Å². The van der Waals surface area contributed by atoms with Crippen molar-refractivity contribution >= 4 is 12.0 Å². The van der Waals surface area contributed by atoms with Crippen LogP contribution in [0.3, 0.4) is 0 Å². The van der Waals surface area contributed by atoms with Crippen LogP contribution in [0.4, 0.5) is 5.69 Å². The van der Waals surface area contributed by atoms with Crippen molar-refractivity contribution in [3.8, 4) is 0 Å². The quantitative estimate of drug-likeness (QED) is 0.263. The van der Waals surface area contributed by atoms with Gasteiger partial charge >= 0.3 is 0 Å². The van der Waals surface area contributed by atoms with Crippen molar-refractivity contribution in [2.75, 3.05) is 5.73 Å². The minimum atomic E-state index is 0.639. The third kappa shape index (κ3) is 7.01. The normalized spacial score (nSPS) is 27.7. The van der Waals surface area contributed by atoms with Gasteiger partial charge in [0.25, 0.3) is 0 Å². The molecule has 0 aliphatic heterocycles. The maximum atomic E-state index is 9.06. The second-order valence-corrected chi connectivity index (χ2v) is 8.30. The van der Waals surface area contributed by atoms with Gasteiger partial charge in [0.2, 0.25) is 0 Å². The van der Waals surface area contributed by atoms with E-state index in [9.17, 15) is 0 Å². The van der Waals surface area contributed by atoms with Crippen molar-refractivity contribution in [3.63, 3.8) is 0 Å². The van der Waals surface area contributed by atoms with Crippen LogP contribution < -0.4 is 5.73 Å². The molecule has 0 unspecified atom stereocenters. The van der Waals surface area contributed by atoms with Crippen molar-refractivity contribution in [2.24, 2.45) is 17.8 Å². The Hall–Kier alpha value is -1.83. The molecule has 0 atom stereocenters. The lowest BCUT2D eigenvalue weighted by Gasteiger charge is -2.38. The first-order chi connectivity index (χ1) is 13.2. The van der Waals surface area contributed by atoms with Gasteiger partial charge in [0.15, 0.2) is 0 Å². The molecule has 0 radical (unpaired) electrons. The molecule has 2 saturated carbocycles. The summed E-state index contributed by atoms with van der Waals surface area (Å²) in [5.74, 6) is 3.77. The fourth-order valence-electron chi connectivity index (χ4n) is 4.99. The van der Waals surface area contributed by atoms with E-state index in [1.807, 2.05) is 0 Å². The molecule has 0 aromatic heterocycles. The fraction of sp³-hybridized carbons (Fsp3) is 0.560. The molecular formula is C25H37NO. The summed E-state index contributed by atoms with van der Waals surface area (Å²) in [6.45, 7) is 6.97. The molecule has 2 fully saturated rings. The number of aldehydes is 1. The van der Waals surface area contributed by atoms with Gasteiger partial charge in [-0.3, -0.25) is 4.79 Å². The Morgan fingerprint density at radius 2 is 1.41 bits per heavy atom. The van der Waals surface area contributed by atoms with Crippen molar-refractivity contribution in [3.05, 3.63) is 55.1 Å². The molecule has 0 heterocycles. The van der Waals surface area contributed by atoms with Crippen LogP contribution in [0.2, 0.25) is 0 Å². The first-order valence-corrected chi connectivity index (χ1v) is 10.7. The summed E-state index contributed by atoms with van der Waals surface area (Å²) in [6, 6.07) is 8.61. The number of hydrogen-bond donors (Lipinski definition) is 1. The second kappa shape index (κ2) is 11.8.